The van der Waals surface area contributed by atoms with Crippen LogP contribution in [0.15, 0.2) is 36.9 Å². The lowest BCUT2D eigenvalue weighted by Crippen LogP contribution is -2.42. The van der Waals surface area contributed by atoms with Crippen molar-refractivity contribution in [2.75, 3.05) is 17.3 Å². The van der Waals surface area contributed by atoms with Gasteiger partial charge in [-0.1, -0.05) is 6.92 Å². The summed E-state index contributed by atoms with van der Waals surface area (Å²) in [6, 6.07) is 3.06. The van der Waals surface area contributed by atoms with Crippen LogP contribution in [0.3, 0.4) is 0 Å². The van der Waals surface area contributed by atoms with Crippen LogP contribution in [0.4, 0.5) is 17.3 Å². The molecule has 0 radical (unpaired) electrons. The molecule has 0 aliphatic rings. The largest absolute Gasteiger partial charge is 0.368 e. The van der Waals surface area contributed by atoms with Crippen LogP contribution in [0, 0.1) is 0 Å². The Hall–Kier alpha value is -3.69. The minimum Gasteiger partial charge on any atom is -0.368 e. The second-order valence-electron chi connectivity index (χ2n) is 5.96. The molecule has 0 aliphatic carbocycles. The average Bonchev–Trinajstić information content (AvgIpc) is 3.09. The van der Waals surface area contributed by atoms with Gasteiger partial charge in [0.05, 0.1) is 11.9 Å². The van der Waals surface area contributed by atoms with Crippen molar-refractivity contribution in [3.63, 3.8) is 0 Å². The fourth-order valence-corrected chi connectivity index (χ4v) is 2.77. The van der Waals surface area contributed by atoms with Crippen LogP contribution in [-0.2, 0) is 4.79 Å². The highest BCUT2D eigenvalue weighted by molar-refractivity contribution is 5.96. The number of likely N-dealkylation sites (N-methyl/N-ethyl adjacent to an activating group) is 1. The normalized spacial score (nSPS) is 11.9. The van der Waals surface area contributed by atoms with Gasteiger partial charge in [0, 0.05) is 25.6 Å². The molecule has 3 aromatic rings. The van der Waals surface area contributed by atoms with Crippen molar-refractivity contribution >= 4 is 34.8 Å². The molecular weight excluding hydrogens is 348 g/mol. The Morgan fingerprint density at radius 2 is 2.07 bits per heavy atom. The van der Waals surface area contributed by atoms with Crippen molar-refractivity contribution in [3.8, 4) is 0 Å². The third kappa shape index (κ3) is 3.64. The molecular formula is C17H20N8O2. The Kier molecular flexibility index (Phi) is 4.88. The molecule has 0 fully saturated rings. The number of pyridine rings is 1. The van der Waals surface area contributed by atoms with Crippen LogP contribution in [-0.4, -0.2) is 44.3 Å². The molecule has 0 saturated carbocycles. The Bertz CT molecular complexity index is 1000. The molecule has 0 saturated heterocycles. The minimum atomic E-state index is -0.718. The molecule has 3 aromatic heterocycles. The summed E-state index contributed by atoms with van der Waals surface area (Å²) < 4.78 is 1.82. The number of hydrogen-bond donors (Lipinski definition) is 3. The number of anilines is 3. The number of primary amides is 2. The number of fused-ring (bicyclic) bond motifs is 1. The lowest BCUT2D eigenvalue weighted by atomic mass is 10.2. The van der Waals surface area contributed by atoms with E-state index >= 15 is 0 Å². The molecule has 10 heteroatoms. The number of hydrogen-bond acceptors (Lipinski definition) is 7. The summed E-state index contributed by atoms with van der Waals surface area (Å²) in [6.45, 7) is 1.84. The van der Waals surface area contributed by atoms with Gasteiger partial charge in [-0.3, -0.25) is 9.59 Å². The quantitative estimate of drug-likeness (QED) is 0.555. The Morgan fingerprint density at radius 1 is 1.30 bits per heavy atom. The number of carbonyl (C=O) groups excluding carboxylic acids is 2. The fraction of sp³-hybridized carbons (Fsp3) is 0.235. The van der Waals surface area contributed by atoms with Crippen LogP contribution < -0.4 is 21.7 Å². The zero-order valence-electron chi connectivity index (χ0n) is 15.0. The van der Waals surface area contributed by atoms with Gasteiger partial charge >= 0.3 is 0 Å². The van der Waals surface area contributed by atoms with Crippen LogP contribution in [0.25, 0.3) is 5.65 Å². The number of nitrogens with zero attached hydrogens (tertiary/aromatic N) is 5. The van der Waals surface area contributed by atoms with E-state index < -0.39 is 17.9 Å². The summed E-state index contributed by atoms with van der Waals surface area (Å²) >= 11 is 0. The smallest absolute Gasteiger partial charge is 0.271 e. The van der Waals surface area contributed by atoms with Crippen molar-refractivity contribution in [1.82, 2.24) is 19.4 Å². The first-order valence-corrected chi connectivity index (χ1v) is 8.29. The maximum absolute atomic E-state index is 11.7. The van der Waals surface area contributed by atoms with E-state index in [1.54, 1.807) is 36.6 Å². The molecule has 0 spiro atoms. The molecule has 10 nitrogen and oxygen atoms in total. The molecule has 3 rings (SSSR count). The van der Waals surface area contributed by atoms with E-state index in [9.17, 15) is 9.59 Å². The number of nitrogens with one attached hydrogen (secondary N) is 1. The average molecular weight is 368 g/mol. The highest BCUT2D eigenvalue weighted by Gasteiger charge is 2.22. The summed E-state index contributed by atoms with van der Waals surface area (Å²) in [5.74, 6) is -0.617. The molecule has 5 N–H and O–H groups in total. The number of rotatable bonds is 7. The highest BCUT2D eigenvalue weighted by Crippen LogP contribution is 2.22. The van der Waals surface area contributed by atoms with Crippen molar-refractivity contribution in [2.24, 2.45) is 11.5 Å². The predicted octanol–water partition coefficient (Wildman–Crippen LogP) is 0.667. The summed E-state index contributed by atoms with van der Waals surface area (Å²) in [7, 11) is 1.69. The molecule has 0 aliphatic heterocycles. The fourth-order valence-electron chi connectivity index (χ4n) is 2.77. The standard InChI is InChI=1S/C17H20N8O2/c1-3-11(15(18)26)24(2)13-8-21-14(16(19)27)17(23-13)22-10-4-5-12-20-6-7-25(12)9-10/h4-9,11H,3H2,1-2H3,(H2,18,26)(H2,19,27)(H,22,23). The van der Waals surface area contributed by atoms with E-state index in [4.69, 9.17) is 11.5 Å². The zero-order chi connectivity index (χ0) is 19.6. The topological polar surface area (TPSA) is 145 Å². The van der Waals surface area contributed by atoms with E-state index in [0.29, 0.717) is 17.9 Å². The van der Waals surface area contributed by atoms with Gasteiger partial charge in [0.15, 0.2) is 11.5 Å². The predicted molar refractivity (Wildman–Crippen MR) is 101 cm³/mol. The monoisotopic (exact) mass is 368 g/mol. The third-order valence-corrected chi connectivity index (χ3v) is 4.19. The molecule has 0 bridgehead atoms. The van der Waals surface area contributed by atoms with Gasteiger partial charge < -0.3 is 26.1 Å². The highest BCUT2D eigenvalue weighted by atomic mass is 16.1. The van der Waals surface area contributed by atoms with E-state index in [2.05, 4.69) is 20.3 Å². The summed E-state index contributed by atoms with van der Waals surface area (Å²) in [4.78, 5) is 37.7. The number of imidazole rings is 1. The lowest BCUT2D eigenvalue weighted by molar-refractivity contribution is -0.119. The number of nitrogens with two attached hydrogens (primary N) is 2. The number of aromatic nitrogens is 4. The molecule has 27 heavy (non-hydrogen) atoms. The van der Waals surface area contributed by atoms with E-state index in [0.717, 1.165) is 5.65 Å². The van der Waals surface area contributed by atoms with Crippen LogP contribution >= 0.6 is 0 Å². The van der Waals surface area contributed by atoms with Crippen molar-refractivity contribution in [3.05, 3.63) is 42.6 Å². The number of carbonyl (C=O) groups is 2. The van der Waals surface area contributed by atoms with Gasteiger partial charge in [0.2, 0.25) is 5.91 Å². The van der Waals surface area contributed by atoms with Gasteiger partial charge in [-0.2, -0.15) is 0 Å². The maximum Gasteiger partial charge on any atom is 0.271 e. The van der Waals surface area contributed by atoms with Gasteiger partial charge in [0.1, 0.15) is 17.5 Å². The van der Waals surface area contributed by atoms with Crippen LogP contribution in [0.5, 0.6) is 0 Å². The second kappa shape index (κ2) is 7.28. The lowest BCUT2D eigenvalue weighted by Gasteiger charge is -2.25. The molecule has 2 amide bonds. The van der Waals surface area contributed by atoms with Crippen LogP contribution in [0.2, 0.25) is 0 Å². The summed E-state index contributed by atoms with van der Waals surface area (Å²) in [5.41, 5.74) is 12.3. The van der Waals surface area contributed by atoms with Gasteiger partial charge in [-0.15, -0.1) is 0 Å². The van der Waals surface area contributed by atoms with Crippen molar-refractivity contribution in [1.29, 1.82) is 0 Å². The number of amides is 2. The van der Waals surface area contributed by atoms with E-state index in [1.807, 2.05) is 17.4 Å². The molecule has 0 aromatic carbocycles. The maximum atomic E-state index is 11.7. The summed E-state index contributed by atoms with van der Waals surface area (Å²) in [5, 5.41) is 3.05. The first-order valence-electron chi connectivity index (χ1n) is 8.29. The summed E-state index contributed by atoms with van der Waals surface area (Å²) in [6.07, 6.45) is 7.16. The van der Waals surface area contributed by atoms with Crippen molar-refractivity contribution in [2.45, 2.75) is 19.4 Å². The SMILES string of the molecule is CCC(C(N)=O)N(C)c1cnc(C(N)=O)c(Nc2ccc3nccn3c2)n1. The first-order chi connectivity index (χ1) is 12.9. The van der Waals surface area contributed by atoms with E-state index in [-0.39, 0.29) is 11.5 Å². The minimum absolute atomic E-state index is 0.00926. The Labute approximate surface area is 155 Å². The van der Waals surface area contributed by atoms with Gasteiger partial charge in [0.25, 0.3) is 5.91 Å². The molecule has 1 atom stereocenters. The molecule has 1 unspecified atom stereocenters. The van der Waals surface area contributed by atoms with Gasteiger partial charge in [-0.05, 0) is 18.6 Å². The van der Waals surface area contributed by atoms with Crippen LogP contribution in [0.1, 0.15) is 23.8 Å². The Balaban J connectivity index is 1.98. The second-order valence-corrected chi connectivity index (χ2v) is 5.96. The Morgan fingerprint density at radius 3 is 2.74 bits per heavy atom. The van der Waals surface area contributed by atoms with Crippen molar-refractivity contribution < 1.29 is 9.59 Å². The molecule has 3 heterocycles. The molecule has 140 valence electrons. The first kappa shape index (κ1) is 18.1. The zero-order valence-corrected chi connectivity index (χ0v) is 15.0. The van der Waals surface area contributed by atoms with E-state index in [1.165, 1.54) is 6.20 Å². The third-order valence-electron chi connectivity index (χ3n) is 4.19. The van der Waals surface area contributed by atoms with Gasteiger partial charge in [-0.25, -0.2) is 15.0 Å².